The maximum atomic E-state index is 14.9. The molecule has 0 amide bonds. The van der Waals surface area contributed by atoms with Crippen LogP contribution in [-0.2, 0) is 22.5 Å². The molecule has 1 atom stereocenters. The summed E-state index contributed by atoms with van der Waals surface area (Å²) in [6, 6.07) is 5.98. The molecule has 9 heteroatoms. The molecule has 0 N–H and O–H groups in total. The number of ether oxygens (including phenoxy) is 1. The molecule has 1 aromatic carbocycles. The van der Waals surface area contributed by atoms with Crippen LogP contribution in [0.1, 0.15) is 69.6 Å². The molecule has 0 unspecified atom stereocenters. The SMILES string of the molecule is CC(C)N(CC[C@@](C)(Cc1nc(Cl)cc(C=O)c1F)C(=O)OC(C)(C)C)Cc1cccc(Cl)c1F. The van der Waals surface area contributed by atoms with Crippen molar-refractivity contribution in [1.29, 1.82) is 0 Å². The first-order valence-electron chi connectivity index (χ1n) is 11.4. The monoisotopic (exact) mass is 528 g/mol. The number of aldehydes is 1. The first-order chi connectivity index (χ1) is 16.2. The van der Waals surface area contributed by atoms with Crippen LogP contribution < -0.4 is 0 Å². The number of carbonyl (C=O) groups excluding carboxylic acids is 2. The van der Waals surface area contributed by atoms with E-state index in [2.05, 4.69) is 4.98 Å². The van der Waals surface area contributed by atoms with Crippen molar-refractivity contribution in [2.24, 2.45) is 5.41 Å². The Labute approximate surface area is 215 Å². The molecule has 192 valence electrons. The molecular formula is C26H32Cl2F2N2O3. The number of benzene rings is 1. The fraction of sp³-hybridized carbons (Fsp3) is 0.500. The van der Waals surface area contributed by atoms with Gasteiger partial charge in [-0.2, -0.15) is 0 Å². The standard InChI is InChI=1S/C26H32Cl2F2N2O3/c1-16(2)32(14-17-8-7-9-19(27)22(17)29)11-10-26(6,24(34)35-25(3,4)5)13-20-23(30)18(15-33)12-21(28)31-20/h7-9,12,15-16H,10-11,13-14H2,1-6H3/t26-/m0/s1. The van der Waals surface area contributed by atoms with Crippen LogP contribution in [0.25, 0.3) is 0 Å². The maximum Gasteiger partial charge on any atom is 0.312 e. The van der Waals surface area contributed by atoms with Gasteiger partial charge >= 0.3 is 5.97 Å². The minimum Gasteiger partial charge on any atom is -0.460 e. The zero-order chi connectivity index (χ0) is 26.6. The van der Waals surface area contributed by atoms with E-state index in [-0.39, 0.29) is 46.9 Å². The Kier molecular flexibility index (Phi) is 9.79. The second kappa shape index (κ2) is 11.8. The minimum absolute atomic E-state index is 0.0129. The number of halogens is 4. The predicted octanol–water partition coefficient (Wildman–Crippen LogP) is 6.67. The Morgan fingerprint density at radius 2 is 1.83 bits per heavy atom. The van der Waals surface area contributed by atoms with Crippen LogP contribution in [0.5, 0.6) is 0 Å². The molecule has 0 aliphatic heterocycles. The number of aromatic nitrogens is 1. The smallest absolute Gasteiger partial charge is 0.312 e. The van der Waals surface area contributed by atoms with Gasteiger partial charge in [-0.15, -0.1) is 0 Å². The van der Waals surface area contributed by atoms with Crippen molar-refractivity contribution in [3.63, 3.8) is 0 Å². The van der Waals surface area contributed by atoms with Crippen molar-refractivity contribution < 1.29 is 23.1 Å². The first-order valence-corrected chi connectivity index (χ1v) is 12.1. The van der Waals surface area contributed by atoms with Gasteiger partial charge < -0.3 is 4.74 Å². The number of pyridine rings is 1. The van der Waals surface area contributed by atoms with Crippen LogP contribution in [0.3, 0.4) is 0 Å². The normalized spacial score (nSPS) is 13.7. The zero-order valence-corrected chi connectivity index (χ0v) is 22.4. The molecule has 35 heavy (non-hydrogen) atoms. The lowest BCUT2D eigenvalue weighted by Crippen LogP contribution is -2.41. The molecule has 0 spiro atoms. The molecular weight excluding hydrogens is 497 g/mol. The lowest BCUT2D eigenvalue weighted by Gasteiger charge is -2.34. The van der Waals surface area contributed by atoms with E-state index in [0.29, 0.717) is 18.4 Å². The lowest BCUT2D eigenvalue weighted by molar-refractivity contribution is -0.167. The topological polar surface area (TPSA) is 59.5 Å². The Morgan fingerprint density at radius 3 is 2.40 bits per heavy atom. The minimum atomic E-state index is -1.20. The summed E-state index contributed by atoms with van der Waals surface area (Å²) in [5.41, 5.74) is -1.86. The second-order valence-corrected chi connectivity index (χ2v) is 11.0. The van der Waals surface area contributed by atoms with Gasteiger partial charge in [-0.05, 0) is 66.6 Å². The van der Waals surface area contributed by atoms with E-state index in [1.54, 1.807) is 39.8 Å². The Balaban J connectivity index is 2.38. The summed E-state index contributed by atoms with van der Waals surface area (Å²) in [7, 11) is 0. The Hall–Kier alpha value is -2.09. The molecule has 0 radical (unpaired) electrons. The highest BCUT2D eigenvalue weighted by Crippen LogP contribution is 2.33. The van der Waals surface area contributed by atoms with E-state index < -0.39 is 28.6 Å². The second-order valence-electron chi connectivity index (χ2n) is 10.2. The Morgan fingerprint density at radius 1 is 1.17 bits per heavy atom. The number of esters is 1. The van der Waals surface area contributed by atoms with Gasteiger partial charge in [0.05, 0.1) is 21.7 Å². The first kappa shape index (κ1) is 29.1. The van der Waals surface area contributed by atoms with Gasteiger partial charge in [-0.25, -0.2) is 13.8 Å². The van der Waals surface area contributed by atoms with Crippen molar-refractivity contribution in [2.45, 2.75) is 72.6 Å². The molecule has 0 bridgehead atoms. The van der Waals surface area contributed by atoms with Gasteiger partial charge in [0.25, 0.3) is 0 Å². The summed E-state index contributed by atoms with van der Waals surface area (Å²) in [5, 5.41) is -0.00596. The molecule has 5 nitrogen and oxygen atoms in total. The maximum absolute atomic E-state index is 14.9. The number of hydrogen-bond acceptors (Lipinski definition) is 5. The van der Waals surface area contributed by atoms with E-state index >= 15 is 0 Å². The third kappa shape index (κ3) is 7.95. The molecule has 2 rings (SSSR count). The van der Waals surface area contributed by atoms with Crippen molar-refractivity contribution in [3.8, 4) is 0 Å². The molecule has 0 saturated heterocycles. The molecule has 0 fully saturated rings. The van der Waals surface area contributed by atoms with Crippen molar-refractivity contribution in [2.75, 3.05) is 6.54 Å². The van der Waals surface area contributed by atoms with Gasteiger partial charge in [0.1, 0.15) is 16.6 Å². The van der Waals surface area contributed by atoms with E-state index in [1.807, 2.05) is 18.7 Å². The lowest BCUT2D eigenvalue weighted by atomic mass is 9.81. The predicted molar refractivity (Wildman–Crippen MR) is 134 cm³/mol. The van der Waals surface area contributed by atoms with Crippen LogP contribution in [-0.4, -0.2) is 40.3 Å². The van der Waals surface area contributed by atoms with Gasteiger partial charge in [0.2, 0.25) is 0 Å². The number of carbonyl (C=O) groups is 2. The summed E-state index contributed by atoms with van der Waals surface area (Å²) < 4.78 is 35.1. The number of nitrogens with zero attached hydrogens (tertiary/aromatic N) is 2. The zero-order valence-electron chi connectivity index (χ0n) is 20.9. The summed E-state index contributed by atoms with van der Waals surface area (Å²) in [6.07, 6.45) is 0.482. The number of hydrogen-bond donors (Lipinski definition) is 0. The largest absolute Gasteiger partial charge is 0.460 e. The third-order valence-corrected chi connectivity index (χ3v) is 6.17. The third-order valence-electron chi connectivity index (χ3n) is 5.69. The van der Waals surface area contributed by atoms with Crippen molar-refractivity contribution in [3.05, 3.63) is 62.9 Å². The summed E-state index contributed by atoms with van der Waals surface area (Å²) in [4.78, 5) is 30.6. The molecule has 0 aliphatic rings. The van der Waals surface area contributed by atoms with Gasteiger partial charge in [-0.1, -0.05) is 35.3 Å². The highest BCUT2D eigenvalue weighted by Gasteiger charge is 2.39. The van der Waals surface area contributed by atoms with Crippen molar-refractivity contribution >= 4 is 35.5 Å². The van der Waals surface area contributed by atoms with Gasteiger partial charge in [0, 0.05) is 24.6 Å². The molecule has 1 aromatic heterocycles. The highest BCUT2D eigenvalue weighted by atomic mass is 35.5. The van der Waals surface area contributed by atoms with E-state index in [0.717, 1.165) is 6.07 Å². The van der Waals surface area contributed by atoms with Gasteiger partial charge in [-0.3, -0.25) is 14.5 Å². The quantitative estimate of drug-likeness (QED) is 0.196. The van der Waals surface area contributed by atoms with Crippen LogP contribution in [0, 0.1) is 17.0 Å². The van der Waals surface area contributed by atoms with Crippen molar-refractivity contribution in [1.82, 2.24) is 9.88 Å². The average Bonchev–Trinajstić information content (AvgIpc) is 2.74. The van der Waals surface area contributed by atoms with Gasteiger partial charge in [0.15, 0.2) is 12.1 Å². The fourth-order valence-electron chi connectivity index (χ4n) is 3.60. The van der Waals surface area contributed by atoms with Crippen LogP contribution in [0.2, 0.25) is 10.2 Å². The van der Waals surface area contributed by atoms with E-state index in [9.17, 15) is 18.4 Å². The molecule has 2 aromatic rings. The molecule has 0 saturated carbocycles. The summed E-state index contributed by atoms with van der Waals surface area (Å²) in [6.45, 7) is 11.5. The summed E-state index contributed by atoms with van der Waals surface area (Å²) >= 11 is 11.9. The van der Waals surface area contributed by atoms with E-state index in [4.69, 9.17) is 27.9 Å². The average molecular weight is 529 g/mol. The highest BCUT2D eigenvalue weighted by molar-refractivity contribution is 6.30. The van der Waals surface area contributed by atoms with Crippen LogP contribution in [0.4, 0.5) is 8.78 Å². The van der Waals surface area contributed by atoms with Crippen LogP contribution >= 0.6 is 23.2 Å². The number of rotatable bonds is 10. The Bertz CT molecular complexity index is 1070. The van der Waals surface area contributed by atoms with Crippen LogP contribution in [0.15, 0.2) is 24.3 Å². The van der Waals surface area contributed by atoms with E-state index in [1.165, 1.54) is 6.07 Å². The molecule has 0 aliphatic carbocycles. The fourth-order valence-corrected chi connectivity index (χ4v) is 4.02. The molecule has 1 heterocycles. The summed E-state index contributed by atoms with van der Waals surface area (Å²) in [5.74, 6) is -1.83.